The molecule has 0 aliphatic heterocycles. The van der Waals surface area contributed by atoms with Crippen LogP contribution in [0.3, 0.4) is 0 Å². The number of benzene rings is 2. The van der Waals surface area contributed by atoms with Gasteiger partial charge in [0, 0.05) is 13.1 Å². The maximum absolute atomic E-state index is 10.5. The Morgan fingerprint density at radius 3 is 2.47 bits per heavy atom. The Hall–Kier alpha value is -2.93. The highest BCUT2D eigenvalue weighted by molar-refractivity contribution is 5.43. The van der Waals surface area contributed by atoms with Crippen LogP contribution in [-0.4, -0.2) is 52.2 Å². The minimum Gasteiger partial charge on any atom is -0.439 e. The van der Waals surface area contributed by atoms with Crippen molar-refractivity contribution in [2.75, 3.05) is 26.3 Å². The topological polar surface area (TPSA) is 59.8 Å². The van der Waals surface area contributed by atoms with E-state index in [0.29, 0.717) is 25.6 Å². The molecule has 3 rings (SSSR count). The van der Waals surface area contributed by atoms with Gasteiger partial charge in [0.05, 0.1) is 36.3 Å². The first kappa shape index (κ1) is 23.7. The summed E-state index contributed by atoms with van der Waals surface area (Å²) in [6, 6.07) is 19.7. The zero-order valence-electron chi connectivity index (χ0n) is 19.0. The molecule has 2 aromatic carbocycles. The van der Waals surface area contributed by atoms with Crippen LogP contribution in [0.5, 0.6) is 11.6 Å². The van der Waals surface area contributed by atoms with E-state index in [2.05, 4.69) is 18.4 Å². The van der Waals surface area contributed by atoms with Gasteiger partial charge in [-0.2, -0.15) is 5.10 Å². The molecule has 0 saturated heterocycles. The molecule has 170 valence electrons. The molecule has 0 amide bonds. The zero-order chi connectivity index (χ0) is 22.8. The number of aliphatic hydroxyl groups is 1. The second-order valence-corrected chi connectivity index (χ2v) is 7.75. The summed E-state index contributed by atoms with van der Waals surface area (Å²) >= 11 is 0. The number of nitrogens with zero attached hydrogens (tertiary/aromatic N) is 3. The highest BCUT2D eigenvalue weighted by atomic mass is 16.5. The summed E-state index contributed by atoms with van der Waals surface area (Å²) in [4.78, 5) is 2.22. The van der Waals surface area contributed by atoms with Crippen LogP contribution in [-0.2, 0) is 11.3 Å². The van der Waals surface area contributed by atoms with Crippen molar-refractivity contribution in [2.24, 2.45) is 0 Å². The molecule has 0 aliphatic carbocycles. The number of aryl methyl sites for hydroxylation is 1. The van der Waals surface area contributed by atoms with Crippen molar-refractivity contribution in [3.05, 3.63) is 84.6 Å². The molecule has 0 aliphatic rings. The molecule has 1 atom stereocenters. The van der Waals surface area contributed by atoms with Crippen LogP contribution in [0.4, 0.5) is 0 Å². The number of hydrogen-bond donors (Lipinski definition) is 1. The third kappa shape index (κ3) is 6.53. The van der Waals surface area contributed by atoms with Crippen LogP contribution < -0.4 is 4.74 Å². The van der Waals surface area contributed by atoms with Crippen LogP contribution in [0.25, 0.3) is 5.69 Å². The normalized spacial score (nSPS) is 12.1. The van der Waals surface area contributed by atoms with Crippen molar-refractivity contribution in [1.82, 2.24) is 14.7 Å². The predicted molar refractivity (Wildman–Crippen MR) is 127 cm³/mol. The van der Waals surface area contributed by atoms with E-state index in [-0.39, 0.29) is 6.61 Å². The van der Waals surface area contributed by atoms with Crippen molar-refractivity contribution in [2.45, 2.75) is 32.9 Å². The van der Waals surface area contributed by atoms with E-state index < -0.39 is 6.10 Å². The molecule has 3 aromatic rings. The highest BCUT2D eigenvalue weighted by Crippen LogP contribution is 2.31. The van der Waals surface area contributed by atoms with Crippen molar-refractivity contribution in [3.63, 3.8) is 0 Å². The van der Waals surface area contributed by atoms with Gasteiger partial charge in [-0.15, -0.1) is 6.58 Å². The molecule has 32 heavy (non-hydrogen) atoms. The maximum atomic E-state index is 10.5. The van der Waals surface area contributed by atoms with Crippen LogP contribution >= 0.6 is 0 Å². The molecule has 0 spiro atoms. The molecular formula is C26H33N3O3. The minimum absolute atomic E-state index is 0.280. The molecule has 0 unspecified atom stereocenters. The summed E-state index contributed by atoms with van der Waals surface area (Å²) in [5, 5.41) is 15.3. The van der Waals surface area contributed by atoms with E-state index in [1.807, 2.05) is 72.3 Å². The quantitative estimate of drug-likeness (QED) is 0.310. The van der Waals surface area contributed by atoms with Gasteiger partial charge < -0.3 is 14.6 Å². The Kier molecular flexibility index (Phi) is 9.04. The number of para-hydroxylation sites is 2. The highest BCUT2D eigenvalue weighted by Gasteiger charge is 2.22. The third-order valence-corrected chi connectivity index (χ3v) is 5.03. The molecule has 0 radical (unpaired) electrons. The average molecular weight is 436 g/mol. The van der Waals surface area contributed by atoms with Crippen LogP contribution in [0.1, 0.15) is 24.6 Å². The fraction of sp³-hybridized carbons (Fsp3) is 0.346. The molecule has 1 aromatic heterocycles. The van der Waals surface area contributed by atoms with E-state index >= 15 is 0 Å². The number of ether oxygens (including phenoxy) is 2. The van der Waals surface area contributed by atoms with E-state index in [1.54, 1.807) is 6.08 Å². The lowest BCUT2D eigenvalue weighted by Crippen LogP contribution is -2.35. The van der Waals surface area contributed by atoms with Crippen molar-refractivity contribution in [3.8, 4) is 17.3 Å². The molecule has 0 bridgehead atoms. The van der Waals surface area contributed by atoms with E-state index in [1.165, 1.54) is 0 Å². The average Bonchev–Trinajstić information content (AvgIpc) is 3.10. The van der Waals surface area contributed by atoms with Gasteiger partial charge in [-0.25, -0.2) is 4.68 Å². The monoisotopic (exact) mass is 435 g/mol. The Bertz CT molecular complexity index is 957. The fourth-order valence-corrected chi connectivity index (χ4v) is 3.58. The van der Waals surface area contributed by atoms with Crippen molar-refractivity contribution < 1.29 is 14.6 Å². The molecule has 6 heteroatoms. The number of rotatable bonds is 13. The second kappa shape index (κ2) is 12.2. The van der Waals surface area contributed by atoms with Gasteiger partial charge in [-0.05, 0) is 44.2 Å². The standard InChI is InChI=1S/C26H33N3O3/c1-4-16-28(18-23(30)20-31-17-5-2)19-25-21(3)27-29(22-12-8-6-9-13-22)26(25)32-24-14-10-7-11-15-24/h5-15,23,30H,2,4,16-20H2,1,3H3/t23-/m1/s1. The summed E-state index contributed by atoms with van der Waals surface area (Å²) in [5.41, 5.74) is 2.84. The Morgan fingerprint density at radius 2 is 1.81 bits per heavy atom. The molecular weight excluding hydrogens is 402 g/mol. The Labute approximate surface area is 190 Å². The van der Waals surface area contributed by atoms with E-state index in [4.69, 9.17) is 14.6 Å². The van der Waals surface area contributed by atoms with Crippen molar-refractivity contribution >= 4 is 0 Å². The minimum atomic E-state index is -0.579. The number of hydrogen-bond acceptors (Lipinski definition) is 5. The smallest absolute Gasteiger partial charge is 0.227 e. The van der Waals surface area contributed by atoms with Crippen molar-refractivity contribution in [1.29, 1.82) is 0 Å². The van der Waals surface area contributed by atoms with Gasteiger partial charge in [-0.3, -0.25) is 4.90 Å². The van der Waals surface area contributed by atoms with Crippen LogP contribution in [0, 0.1) is 6.92 Å². The third-order valence-electron chi connectivity index (χ3n) is 5.03. The first-order valence-electron chi connectivity index (χ1n) is 11.1. The largest absolute Gasteiger partial charge is 0.439 e. The number of aromatic nitrogens is 2. The van der Waals surface area contributed by atoms with Crippen LogP contribution in [0.15, 0.2) is 73.3 Å². The fourth-order valence-electron chi connectivity index (χ4n) is 3.58. The Balaban J connectivity index is 1.89. The lowest BCUT2D eigenvalue weighted by atomic mass is 10.2. The molecule has 1 heterocycles. The summed E-state index contributed by atoms with van der Waals surface area (Å²) in [7, 11) is 0. The first-order valence-corrected chi connectivity index (χ1v) is 11.1. The van der Waals surface area contributed by atoms with Crippen LogP contribution in [0.2, 0.25) is 0 Å². The summed E-state index contributed by atoms with van der Waals surface area (Å²) in [6.07, 6.45) is 2.08. The lowest BCUT2D eigenvalue weighted by molar-refractivity contribution is 0.0244. The van der Waals surface area contributed by atoms with E-state index in [9.17, 15) is 5.11 Å². The first-order chi connectivity index (χ1) is 15.6. The zero-order valence-corrected chi connectivity index (χ0v) is 19.0. The summed E-state index contributed by atoms with van der Waals surface area (Å²) < 4.78 is 13.6. The van der Waals surface area contributed by atoms with Gasteiger partial charge >= 0.3 is 0 Å². The molecule has 0 fully saturated rings. The Morgan fingerprint density at radius 1 is 1.12 bits per heavy atom. The number of aliphatic hydroxyl groups excluding tert-OH is 1. The predicted octanol–water partition coefficient (Wildman–Crippen LogP) is 4.75. The van der Waals surface area contributed by atoms with Gasteiger partial charge in [0.25, 0.3) is 0 Å². The van der Waals surface area contributed by atoms with Gasteiger partial charge in [0.15, 0.2) is 0 Å². The maximum Gasteiger partial charge on any atom is 0.227 e. The van der Waals surface area contributed by atoms with Gasteiger partial charge in [-0.1, -0.05) is 49.4 Å². The van der Waals surface area contributed by atoms with Gasteiger partial charge in [0.2, 0.25) is 5.88 Å². The molecule has 1 N–H and O–H groups in total. The lowest BCUT2D eigenvalue weighted by Gasteiger charge is -2.25. The summed E-state index contributed by atoms with van der Waals surface area (Å²) in [5.74, 6) is 1.45. The van der Waals surface area contributed by atoms with E-state index in [0.717, 1.165) is 35.7 Å². The molecule has 0 saturated carbocycles. The summed E-state index contributed by atoms with van der Waals surface area (Å²) in [6.45, 7) is 10.5. The SMILES string of the molecule is C=CCOC[C@H](O)CN(CCC)Cc1c(C)nn(-c2ccccc2)c1Oc1ccccc1. The molecule has 6 nitrogen and oxygen atoms in total. The van der Waals surface area contributed by atoms with Gasteiger partial charge in [0.1, 0.15) is 5.75 Å². The second-order valence-electron chi connectivity index (χ2n) is 7.75.